The van der Waals surface area contributed by atoms with Gasteiger partial charge in [-0.15, -0.1) is 0 Å². The molecule has 2 unspecified atom stereocenters. The molecule has 0 spiro atoms. The molecule has 0 bridgehead atoms. The van der Waals surface area contributed by atoms with Crippen LogP contribution in [0, 0.1) is 0 Å². The van der Waals surface area contributed by atoms with Crippen molar-refractivity contribution in [2.45, 2.75) is 77.9 Å². The molecule has 5 nitrogen and oxygen atoms in total. The number of rotatable bonds is 11. The van der Waals surface area contributed by atoms with Crippen molar-refractivity contribution in [3.8, 4) is 0 Å². The minimum absolute atomic E-state index is 0.117. The third kappa shape index (κ3) is 9.61. The summed E-state index contributed by atoms with van der Waals surface area (Å²) >= 11 is 0. The summed E-state index contributed by atoms with van der Waals surface area (Å²) in [5.74, 6) is -0.328. The average molecular weight is 302 g/mol. The maximum atomic E-state index is 11.7. The van der Waals surface area contributed by atoms with Gasteiger partial charge in [0.05, 0.1) is 12.7 Å². The van der Waals surface area contributed by atoms with Gasteiger partial charge in [0, 0.05) is 6.42 Å². The quantitative estimate of drug-likeness (QED) is 0.310. The maximum Gasteiger partial charge on any atom is 0.310 e. The molecule has 5 heteroatoms. The normalized spacial score (nSPS) is 13.6. The van der Waals surface area contributed by atoms with E-state index in [-0.39, 0.29) is 18.3 Å². The molecular weight excluding hydrogens is 272 g/mol. The van der Waals surface area contributed by atoms with Crippen LogP contribution in [-0.2, 0) is 9.53 Å². The number of aliphatic hydroxyl groups is 3. The highest BCUT2D eigenvalue weighted by molar-refractivity contribution is 5.70. The number of hydrogen-bond acceptors (Lipinski definition) is 5. The van der Waals surface area contributed by atoms with E-state index >= 15 is 0 Å². The predicted molar refractivity (Wildman–Crippen MR) is 81.6 cm³/mol. The van der Waals surface area contributed by atoms with E-state index in [1.54, 1.807) is 13.8 Å². The van der Waals surface area contributed by atoms with Crippen LogP contribution in [0.2, 0.25) is 0 Å². The van der Waals surface area contributed by atoms with Gasteiger partial charge < -0.3 is 20.1 Å². The van der Waals surface area contributed by atoms with E-state index in [0.29, 0.717) is 18.4 Å². The Kier molecular flexibility index (Phi) is 11.2. The van der Waals surface area contributed by atoms with Gasteiger partial charge in [-0.3, -0.25) is 4.79 Å². The highest BCUT2D eigenvalue weighted by atomic mass is 16.5. The fourth-order valence-electron chi connectivity index (χ4n) is 2.02. The second-order valence-electron chi connectivity index (χ2n) is 5.58. The van der Waals surface area contributed by atoms with Crippen LogP contribution in [0.4, 0.5) is 0 Å². The molecule has 0 amide bonds. The lowest BCUT2D eigenvalue weighted by Crippen LogP contribution is -2.21. The Bertz CT molecular complexity index is 321. The van der Waals surface area contributed by atoms with Gasteiger partial charge >= 0.3 is 5.97 Å². The van der Waals surface area contributed by atoms with Crippen molar-refractivity contribution >= 4 is 5.97 Å². The molecular formula is C16H30O5. The molecule has 0 saturated carbocycles. The van der Waals surface area contributed by atoms with Gasteiger partial charge in [0.1, 0.15) is 11.9 Å². The molecule has 0 heterocycles. The number of ether oxygens (including phenoxy) is 1. The van der Waals surface area contributed by atoms with Crippen molar-refractivity contribution in [2.75, 3.05) is 6.61 Å². The second-order valence-corrected chi connectivity index (χ2v) is 5.58. The van der Waals surface area contributed by atoms with Gasteiger partial charge in [0.15, 0.2) is 0 Å². The number of carbonyl (C=O) groups is 1. The van der Waals surface area contributed by atoms with Gasteiger partial charge in [0.25, 0.3) is 0 Å². The summed E-state index contributed by atoms with van der Waals surface area (Å²) in [7, 11) is 0. The van der Waals surface area contributed by atoms with Crippen molar-refractivity contribution in [3.63, 3.8) is 0 Å². The zero-order valence-electron chi connectivity index (χ0n) is 13.5. The molecule has 0 rings (SSSR count). The topological polar surface area (TPSA) is 87.0 Å². The zero-order valence-corrected chi connectivity index (χ0v) is 13.5. The van der Waals surface area contributed by atoms with Gasteiger partial charge in [0.2, 0.25) is 0 Å². The summed E-state index contributed by atoms with van der Waals surface area (Å²) in [5.41, 5.74) is 0.657. The number of esters is 1. The number of allylic oxidation sites excluding steroid dienone is 1. The lowest BCUT2D eigenvalue weighted by atomic mass is 10.1. The molecule has 2 atom stereocenters. The fourth-order valence-corrected chi connectivity index (χ4v) is 2.02. The highest BCUT2D eigenvalue weighted by Gasteiger charge is 2.17. The molecule has 21 heavy (non-hydrogen) atoms. The van der Waals surface area contributed by atoms with Gasteiger partial charge in [-0.25, -0.2) is 0 Å². The van der Waals surface area contributed by atoms with E-state index in [9.17, 15) is 15.0 Å². The first-order valence-electron chi connectivity index (χ1n) is 7.77. The number of aliphatic hydroxyl groups excluding tert-OH is 3. The summed E-state index contributed by atoms with van der Waals surface area (Å²) in [6.45, 7) is 5.05. The average Bonchev–Trinajstić information content (AvgIpc) is 2.44. The van der Waals surface area contributed by atoms with Crippen LogP contribution in [0.25, 0.3) is 0 Å². The maximum absolute atomic E-state index is 11.7. The van der Waals surface area contributed by atoms with Gasteiger partial charge in [-0.1, -0.05) is 26.2 Å². The Morgan fingerprint density at radius 1 is 1.10 bits per heavy atom. The highest BCUT2D eigenvalue weighted by Crippen LogP contribution is 2.14. The number of carbonyl (C=O) groups excluding carboxylic acids is 1. The molecule has 3 N–H and O–H groups in total. The molecule has 0 aromatic heterocycles. The summed E-state index contributed by atoms with van der Waals surface area (Å²) < 4.78 is 5.09. The minimum atomic E-state index is -1.17. The Labute approximate surface area is 127 Å². The second kappa shape index (κ2) is 11.7. The smallest absolute Gasteiger partial charge is 0.310 e. The Balaban J connectivity index is 4.02. The Morgan fingerprint density at radius 3 is 2.24 bits per heavy atom. The number of unbranched alkanes of at least 4 members (excludes halogenated alkanes) is 2. The monoisotopic (exact) mass is 302 g/mol. The van der Waals surface area contributed by atoms with Crippen LogP contribution < -0.4 is 0 Å². The van der Waals surface area contributed by atoms with Crippen molar-refractivity contribution in [3.05, 3.63) is 11.3 Å². The molecule has 0 aromatic rings. The third-order valence-electron chi connectivity index (χ3n) is 3.25. The van der Waals surface area contributed by atoms with Crippen molar-refractivity contribution < 1.29 is 24.9 Å². The molecule has 0 aliphatic heterocycles. The number of hydrogen-bond donors (Lipinski definition) is 3. The lowest BCUT2D eigenvalue weighted by Gasteiger charge is -2.15. The molecule has 124 valence electrons. The van der Waals surface area contributed by atoms with Crippen LogP contribution in [-0.4, -0.2) is 40.1 Å². The molecule has 0 aliphatic rings. The molecule has 0 saturated heterocycles. The van der Waals surface area contributed by atoms with E-state index in [1.165, 1.54) is 0 Å². The third-order valence-corrected chi connectivity index (χ3v) is 3.25. The predicted octanol–water partition coefficient (Wildman–Crippen LogP) is 2.29. The van der Waals surface area contributed by atoms with Crippen molar-refractivity contribution in [1.82, 2.24) is 0 Å². The lowest BCUT2D eigenvalue weighted by molar-refractivity contribution is -0.141. The van der Waals surface area contributed by atoms with Crippen molar-refractivity contribution in [1.29, 1.82) is 0 Å². The van der Waals surface area contributed by atoms with E-state index in [0.717, 1.165) is 25.7 Å². The van der Waals surface area contributed by atoms with E-state index in [1.807, 2.05) is 0 Å². The standard InChI is InChI=1S/C16H30O5/c1-4-5-6-8-13(18)9-7-10-15(20)21-16(12(2)3)14(19)11-17/h13-14,17-19H,4-11H2,1-3H3. The van der Waals surface area contributed by atoms with Crippen molar-refractivity contribution in [2.24, 2.45) is 0 Å². The van der Waals surface area contributed by atoms with Crippen LogP contribution >= 0.6 is 0 Å². The summed E-state index contributed by atoms with van der Waals surface area (Å²) in [6.07, 6.45) is 3.80. The summed E-state index contributed by atoms with van der Waals surface area (Å²) in [4.78, 5) is 11.7. The SMILES string of the molecule is CCCCCC(O)CCCC(=O)OC(=C(C)C)C(O)CO. The first-order valence-corrected chi connectivity index (χ1v) is 7.77. The Morgan fingerprint density at radius 2 is 1.71 bits per heavy atom. The summed E-state index contributed by atoms with van der Waals surface area (Å²) in [6, 6.07) is 0. The van der Waals surface area contributed by atoms with Crippen LogP contribution in [0.15, 0.2) is 11.3 Å². The van der Waals surface area contributed by atoms with E-state index in [2.05, 4.69) is 6.92 Å². The van der Waals surface area contributed by atoms with Crippen LogP contribution in [0.3, 0.4) is 0 Å². The largest absolute Gasteiger partial charge is 0.428 e. The van der Waals surface area contributed by atoms with E-state index in [4.69, 9.17) is 9.84 Å². The zero-order chi connectivity index (χ0) is 16.3. The van der Waals surface area contributed by atoms with E-state index < -0.39 is 18.7 Å². The molecule has 0 aromatic carbocycles. The Hall–Kier alpha value is -0.910. The first kappa shape index (κ1) is 20.1. The fraction of sp³-hybridized carbons (Fsp3) is 0.812. The molecule has 0 radical (unpaired) electrons. The van der Waals surface area contributed by atoms with Gasteiger partial charge in [-0.2, -0.15) is 0 Å². The molecule has 0 fully saturated rings. The van der Waals surface area contributed by atoms with Crippen LogP contribution in [0.5, 0.6) is 0 Å². The summed E-state index contributed by atoms with van der Waals surface area (Å²) in [5, 5.41) is 28.2. The minimum Gasteiger partial charge on any atom is -0.428 e. The molecule has 0 aliphatic carbocycles. The van der Waals surface area contributed by atoms with Crippen LogP contribution in [0.1, 0.15) is 65.7 Å². The first-order chi connectivity index (χ1) is 9.92. The van der Waals surface area contributed by atoms with Gasteiger partial charge in [-0.05, 0) is 38.7 Å².